The van der Waals surface area contributed by atoms with E-state index in [1.807, 2.05) is 26.0 Å². The van der Waals surface area contributed by atoms with Gasteiger partial charge in [0.1, 0.15) is 5.75 Å². The molecular weight excluding hydrogens is 590 g/mol. The van der Waals surface area contributed by atoms with Gasteiger partial charge in [0.05, 0.1) is 41.5 Å². The molecule has 1 aliphatic rings. The molecule has 3 aromatic rings. The van der Waals surface area contributed by atoms with E-state index in [4.69, 9.17) is 23.7 Å². The van der Waals surface area contributed by atoms with Crippen molar-refractivity contribution < 1.29 is 43.5 Å². The number of nitrogens with zero attached hydrogens (tertiary/aromatic N) is 1. The van der Waals surface area contributed by atoms with Gasteiger partial charge < -0.3 is 38.8 Å². The summed E-state index contributed by atoms with van der Waals surface area (Å²) in [5.74, 6) is -1.21. The molecule has 248 valence electrons. The highest BCUT2D eigenvalue weighted by Gasteiger charge is 2.60. The third-order valence-corrected chi connectivity index (χ3v) is 9.28. The first-order valence-corrected chi connectivity index (χ1v) is 15.5. The van der Waals surface area contributed by atoms with Crippen molar-refractivity contribution in [3.05, 3.63) is 71.3 Å². The number of carbonyl (C=O) groups is 2. The van der Waals surface area contributed by atoms with Gasteiger partial charge in [0.2, 0.25) is 11.7 Å². The molecule has 4 atom stereocenters. The van der Waals surface area contributed by atoms with E-state index in [0.29, 0.717) is 65.6 Å². The predicted molar refractivity (Wildman–Crippen MR) is 174 cm³/mol. The van der Waals surface area contributed by atoms with E-state index in [0.717, 1.165) is 5.56 Å². The van der Waals surface area contributed by atoms with Gasteiger partial charge in [-0.15, -0.1) is 0 Å². The van der Waals surface area contributed by atoms with Crippen molar-refractivity contribution in [2.45, 2.75) is 62.8 Å². The molecule has 0 saturated carbocycles. The van der Waals surface area contributed by atoms with Crippen LogP contribution in [0.3, 0.4) is 0 Å². The van der Waals surface area contributed by atoms with Crippen molar-refractivity contribution in [2.75, 3.05) is 42.1 Å². The standard InChI is InChI=1S/C36H45NO9/c1-8-26(24-20-31(44-5)33(46-7)32(21-24)45-6)34(39)37-17-11-14-28(23-15-16-29(42-3)30(19-23)43-4)36(37,35(40)41)27(9-2)22-12-10-13-25(38)18-22/h10,12-13,15-16,18-21,26-28,38H,8-9,11,14,17H2,1-7H3,(H,40,41)/t26-,27?,28+,36-/m0/s1. The molecule has 1 fully saturated rings. The number of piperidine rings is 1. The van der Waals surface area contributed by atoms with Gasteiger partial charge in [-0.05, 0) is 78.8 Å². The molecule has 46 heavy (non-hydrogen) atoms. The third kappa shape index (κ3) is 6.00. The van der Waals surface area contributed by atoms with Gasteiger partial charge in [-0.1, -0.05) is 32.0 Å². The van der Waals surface area contributed by atoms with Crippen LogP contribution in [0.15, 0.2) is 54.6 Å². The average molecular weight is 636 g/mol. The topological polar surface area (TPSA) is 124 Å². The summed E-state index contributed by atoms with van der Waals surface area (Å²) >= 11 is 0. The average Bonchev–Trinajstić information content (AvgIpc) is 3.07. The summed E-state index contributed by atoms with van der Waals surface area (Å²) in [5.41, 5.74) is 0.263. The number of methoxy groups -OCH3 is 5. The highest BCUT2D eigenvalue weighted by molar-refractivity contribution is 5.93. The second-order valence-electron chi connectivity index (χ2n) is 11.4. The molecule has 4 rings (SSSR count). The minimum atomic E-state index is -1.72. The van der Waals surface area contributed by atoms with Crippen LogP contribution in [-0.2, 0) is 9.59 Å². The Balaban J connectivity index is 1.99. The minimum absolute atomic E-state index is 0.0247. The SMILES string of the molecule is CCC(c1cccc(O)c1)[C@@]1(C(=O)O)[C@@H](c2ccc(OC)c(OC)c2)CCCN1C(=O)[C@@H](CC)c1cc(OC)c(OC)c(OC)c1. The van der Waals surface area contributed by atoms with Crippen LogP contribution >= 0.6 is 0 Å². The van der Waals surface area contributed by atoms with E-state index in [2.05, 4.69) is 0 Å². The zero-order valence-corrected chi connectivity index (χ0v) is 27.7. The van der Waals surface area contributed by atoms with E-state index in [9.17, 15) is 19.8 Å². The number of aliphatic carboxylic acids is 1. The fraction of sp³-hybridized carbons (Fsp3) is 0.444. The van der Waals surface area contributed by atoms with Gasteiger partial charge in [-0.2, -0.15) is 0 Å². The van der Waals surface area contributed by atoms with Gasteiger partial charge in [0, 0.05) is 18.4 Å². The minimum Gasteiger partial charge on any atom is -0.508 e. The Morgan fingerprint density at radius 3 is 2.00 bits per heavy atom. The molecule has 0 bridgehead atoms. The van der Waals surface area contributed by atoms with E-state index in [1.165, 1.54) is 28.4 Å². The Morgan fingerprint density at radius 1 is 0.826 bits per heavy atom. The molecule has 1 amide bonds. The maximum absolute atomic E-state index is 15.0. The maximum atomic E-state index is 15.0. The summed E-state index contributed by atoms with van der Waals surface area (Å²) < 4.78 is 27.8. The van der Waals surface area contributed by atoms with Crippen molar-refractivity contribution in [1.29, 1.82) is 0 Å². The van der Waals surface area contributed by atoms with E-state index in [-0.39, 0.29) is 18.2 Å². The van der Waals surface area contributed by atoms with E-state index >= 15 is 0 Å². The zero-order valence-electron chi connectivity index (χ0n) is 27.7. The van der Waals surface area contributed by atoms with Crippen LogP contribution in [-0.4, -0.2) is 74.6 Å². The van der Waals surface area contributed by atoms with Gasteiger partial charge in [-0.25, -0.2) is 4.79 Å². The predicted octanol–water partition coefficient (Wildman–Crippen LogP) is 6.35. The molecule has 0 spiro atoms. The summed E-state index contributed by atoms with van der Waals surface area (Å²) in [7, 11) is 7.62. The molecule has 0 radical (unpaired) electrons. The maximum Gasteiger partial charge on any atom is 0.330 e. The van der Waals surface area contributed by atoms with Crippen LogP contribution in [0.1, 0.15) is 74.0 Å². The molecule has 1 saturated heterocycles. The third-order valence-electron chi connectivity index (χ3n) is 9.28. The van der Waals surface area contributed by atoms with Gasteiger partial charge >= 0.3 is 5.97 Å². The summed E-state index contributed by atoms with van der Waals surface area (Å²) in [6.45, 7) is 4.06. The first-order chi connectivity index (χ1) is 22.2. The number of rotatable bonds is 13. The molecule has 0 aliphatic carbocycles. The van der Waals surface area contributed by atoms with Crippen LogP contribution in [0.5, 0.6) is 34.5 Å². The Labute approximate surface area is 270 Å². The normalized spacial score (nSPS) is 19.1. The van der Waals surface area contributed by atoms with Gasteiger partial charge in [0.15, 0.2) is 28.5 Å². The van der Waals surface area contributed by atoms with Crippen molar-refractivity contribution in [1.82, 2.24) is 4.90 Å². The molecule has 1 aliphatic heterocycles. The van der Waals surface area contributed by atoms with Gasteiger partial charge in [-0.3, -0.25) is 4.79 Å². The lowest BCUT2D eigenvalue weighted by Gasteiger charge is -2.54. The number of carboxylic acids is 1. The lowest BCUT2D eigenvalue weighted by molar-refractivity contribution is -0.168. The number of phenolic OH excluding ortho intramolecular Hbond substituents is 1. The fourth-order valence-corrected chi connectivity index (χ4v) is 7.26. The Morgan fingerprint density at radius 2 is 1.48 bits per heavy atom. The van der Waals surface area contributed by atoms with Crippen molar-refractivity contribution in [2.24, 2.45) is 0 Å². The molecule has 3 aromatic carbocycles. The Hall–Kier alpha value is -4.60. The number of ether oxygens (including phenoxy) is 5. The van der Waals surface area contributed by atoms with Crippen LogP contribution in [0.25, 0.3) is 0 Å². The monoisotopic (exact) mass is 635 g/mol. The molecular formula is C36H45NO9. The molecule has 10 nitrogen and oxygen atoms in total. The first-order valence-electron chi connectivity index (χ1n) is 15.5. The molecule has 0 aromatic heterocycles. The quantitative estimate of drug-likeness (QED) is 0.221. The number of carboxylic acid groups (broad SMARTS) is 1. The zero-order chi connectivity index (χ0) is 33.6. The fourth-order valence-electron chi connectivity index (χ4n) is 7.26. The summed E-state index contributed by atoms with van der Waals surface area (Å²) in [6, 6.07) is 15.6. The molecule has 1 unspecified atom stereocenters. The van der Waals surface area contributed by atoms with E-state index < -0.39 is 29.3 Å². The van der Waals surface area contributed by atoms with Crippen LogP contribution < -0.4 is 23.7 Å². The number of hydrogen-bond donors (Lipinski definition) is 2. The van der Waals surface area contributed by atoms with E-state index in [1.54, 1.807) is 54.5 Å². The number of benzene rings is 3. The van der Waals surface area contributed by atoms with Crippen molar-refractivity contribution >= 4 is 11.9 Å². The lowest BCUT2D eigenvalue weighted by atomic mass is 9.62. The molecule has 2 N–H and O–H groups in total. The number of amides is 1. The summed E-state index contributed by atoms with van der Waals surface area (Å²) in [4.78, 5) is 30.6. The largest absolute Gasteiger partial charge is 0.508 e. The van der Waals surface area contributed by atoms with Crippen LogP contribution in [0.4, 0.5) is 0 Å². The van der Waals surface area contributed by atoms with Crippen molar-refractivity contribution in [3.8, 4) is 34.5 Å². The summed E-state index contributed by atoms with van der Waals surface area (Å²) in [5, 5.41) is 22.0. The smallest absolute Gasteiger partial charge is 0.330 e. The second-order valence-corrected chi connectivity index (χ2v) is 11.4. The highest BCUT2D eigenvalue weighted by Crippen LogP contribution is 2.53. The second kappa shape index (κ2) is 14.7. The number of likely N-dealkylation sites (tertiary alicyclic amines) is 1. The Kier molecular flexibility index (Phi) is 10.9. The molecule has 1 heterocycles. The Bertz CT molecular complexity index is 1510. The number of carbonyl (C=O) groups excluding carboxylic acids is 1. The first kappa shape index (κ1) is 34.3. The van der Waals surface area contributed by atoms with Crippen molar-refractivity contribution in [3.63, 3.8) is 0 Å². The molecule has 10 heteroatoms. The van der Waals surface area contributed by atoms with Crippen LogP contribution in [0, 0.1) is 0 Å². The number of phenols is 1. The number of hydrogen-bond acceptors (Lipinski definition) is 8. The lowest BCUT2D eigenvalue weighted by Crippen LogP contribution is -2.66. The number of aromatic hydroxyl groups is 1. The van der Waals surface area contributed by atoms with Gasteiger partial charge in [0.25, 0.3) is 0 Å². The van der Waals surface area contributed by atoms with Crippen LogP contribution in [0.2, 0.25) is 0 Å². The summed E-state index contributed by atoms with van der Waals surface area (Å²) in [6.07, 6.45) is 1.89. The highest BCUT2D eigenvalue weighted by atomic mass is 16.5.